The highest BCUT2D eigenvalue weighted by molar-refractivity contribution is 6.16. The van der Waals surface area contributed by atoms with Crippen molar-refractivity contribution in [3.05, 3.63) is 49.1 Å². The molecule has 0 aliphatic carbocycles. The summed E-state index contributed by atoms with van der Waals surface area (Å²) in [6.45, 7) is 3.73. The maximum atomic E-state index is 4.47. The van der Waals surface area contributed by atoms with Crippen LogP contribution in [0.3, 0.4) is 0 Å². The van der Waals surface area contributed by atoms with Gasteiger partial charge in [-0.25, -0.2) is 4.99 Å². The minimum Gasteiger partial charge on any atom is -0.340 e. The van der Waals surface area contributed by atoms with E-state index in [1.54, 1.807) is 6.08 Å². The second-order valence-corrected chi connectivity index (χ2v) is 3.51. The Morgan fingerprint density at radius 1 is 1.13 bits per heavy atom. The van der Waals surface area contributed by atoms with E-state index in [4.69, 9.17) is 0 Å². The van der Waals surface area contributed by atoms with E-state index in [1.807, 2.05) is 18.2 Å². The second kappa shape index (κ2) is 2.95. The van der Waals surface area contributed by atoms with Gasteiger partial charge in [-0.3, -0.25) is 0 Å². The normalized spacial score (nSPS) is 13.2. The average Bonchev–Trinajstić information content (AvgIpc) is 2.29. The predicted molar refractivity (Wildman–Crippen MR) is 64.9 cm³/mol. The lowest BCUT2D eigenvalue weighted by atomic mass is 10.1. The van der Waals surface area contributed by atoms with E-state index in [-0.39, 0.29) is 0 Å². The molecule has 0 saturated carbocycles. The largest absolute Gasteiger partial charge is 0.340 e. The van der Waals surface area contributed by atoms with E-state index < -0.39 is 0 Å². The summed E-state index contributed by atoms with van der Waals surface area (Å²) < 4.78 is 0. The van der Waals surface area contributed by atoms with Gasteiger partial charge in [0.15, 0.2) is 0 Å². The minimum atomic E-state index is 0.807. The van der Waals surface area contributed by atoms with Crippen LogP contribution in [0.2, 0.25) is 0 Å². The predicted octanol–water partition coefficient (Wildman–Crippen LogP) is 3.48. The summed E-state index contributed by atoms with van der Waals surface area (Å²) in [4.78, 5) is 4.47. The third kappa shape index (κ3) is 1.15. The number of hydrogen-bond donors (Lipinski definition) is 1. The number of hydrogen-bond acceptors (Lipinski definition) is 2. The van der Waals surface area contributed by atoms with Gasteiger partial charge in [-0.1, -0.05) is 30.8 Å². The Bertz CT molecular complexity index is 577. The molecule has 3 rings (SSSR count). The van der Waals surface area contributed by atoms with E-state index in [9.17, 15) is 0 Å². The van der Waals surface area contributed by atoms with Gasteiger partial charge in [0.2, 0.25) is 0 Å². The molecule has 0 saturated heterocycles. The summed E-state index contributed by atoms with van der Waals surface area (Å²) in [7, 11) is 0. The standard InChI is InChI=1S/C13H10N2/c1-2-12-14-10-7-3-5-9-6-4-8-11(15-12)13(9)10/h2-8H,1H2,(H,14,15). The number of rotatable bonds is 1. The van der Waals surface area contributed by atoms with Crippen molar-refractivity contribution in [3.8, 4) is 0 Å². The van der Waals surface area contributed by atoms with Gasteiger partial charge in [0.1, 0.15) is 5.84 Å². The van der Waals surface area contributed by atoms with Crippen LogP contribution in [-0.2, 0) is 0 Å². The Labute approximate surface area is 88.0 Å². The van der Waals surface area contributed by atoms with Gasteiger partial charge in [0, 0.05) is 11.1 Å². The molecular weight excluding hydrogens is 184 g/mol. The molecule has 0 amide bonds. The molecule has 0 atom stereocenters. The number of aliphatic imine (C=N–C) groups is 1. The first-order valence-electron chi connectivity index (χ1n) is 4.88. The number of nitrogens with zero attached hydrogens (tertiary/aromatic N) is 1. The molecule has 0 bridgehead atoms. The summed E-state index contributed by atoms with van der Waals surface area (Å²) >= 11 is 0. The van der Waals surface area contributed by atoms with Gasteiger partial charge in [-0.2, -0.15) is 0 Å². The van der Waals surface area contributed by atoms with Gasteiger partial charge in [0.05, 0.1) is 5.69 Å². The van der Waals surface area contributed by atoms with Crippen LogP contribution < -0.4 is 5.32 Å². The molecule has 1 heterocycles. The topological polar surface area (TPSA) is 24.4 Å². The maximum absolute atomic E-state index is 4.47. The van der Waals surface area contributed by atoms with Crippen LogP contribution in [0.5, 0.6) is 0 Å². The first-order chi connectivity index (χ1) is 7.38. The molecule has 1 N–H and O–H groups in total. The smallest absolute Gasteiger partial charge is 0.130 e. The van der Waals surface area contributed by atoms with Crippen LogP contribution in [0.25, 0.3) is 10.8 Å². The van der Waals surface area contributed by atoms with Crippen molar-refractivity contribution in [1.29, 1.82) is 0 Å². The number of amidine groups is 1. The molecular formula is C13H10N2. The van der Waals surface area contributed by atoms with E-state index in [2.05, 4.69) is 35.1 Å². The van der Waals surface area contributed by atoms with E-state index in [1.165, 1.54) is 10.8 Å². The summed E-state index contributed by atoms with van der Waals surface area (Å²) in [6, 6.07) is 12.3. The first-order valence-corrected chi connectivity index (χ1v) is 4.88. The van der Waals surface area contributed by atoms with Crippen LogP contribution in [-0.4, -0.2) is 5.84 Å². The highest BCUT2D eigenvalue weighted by atomic mass is 15.0. The van der Waals surface area contributed by atoms with Gasteiger partial charge >= 0.3 is 0 Å². The average molecular weight is 194 g/mol. The Balaban J connectivity index is 2.42. The maximum Gasteiger partial charge on any atom is 0.130 e. The van der Waals surface area contributed by atoms with E-state index >= 15 is 0 Å². The quantitative estimate of drug-likeness (QED) is 0.738. The Hall–Kier alpha value is -2.09. The van der Waals surface area contributed by atoms with Crippen molar-refractivity contribution in [3.63, 3.8) is 0 Å². The molecule has 2 aromatic rings. The van der Waals surface area contributed by atoms with Crippen molar-refractivity contribution in [2.24, 2.45) is 4.99 Å². The van der Waals surface area contributed by atoms with Crippen LogP contribution in [0.1, 0.15) is 0 Å². The number of nitrogens with one attached hydrogen (secondary N) is 1. The van der Waals surface area contributed by atoms with Crippen molar-refractivity contribution >= 4 is 28.0 Å². The third-order valence-corrected chi connectivity index (χ3v) is 2.58. The van der Waals surface area contributed by atoms with E-state index in [0.29, 0.717) is 0 Å². The molecule has 0 radical (unpaired) electrons. The lowest BCUT2D eigenvalue weighted by molar-refractivity contribution is 1.49. The van der Waals surface area contributed by atoms with Gasteiger partial charge in [0.25, 0.3) is 0 Å². The minimum absolute atomic E-state index is 0.807. The van der Waals surface area contributed by atoms with Crippen LogP contribution in [0, 0.1) is 0 Å². The number of benzene rings is 2. The zero-order chi connectivity index (χ0) is 10.3. The summed E-state index contributed by atoms with van der Waals surface area (Å²) in [6.07, 6.45) is 1.73. The third-order valence-electron chi connectivity index (χ3n) is 2.58. The van der Waals surface area contributed by atoms with Gasteiger partial charge in [-0.15, -0.1) is 0 Å². The van der Waals surface area contributed by atoms with Crippen LogP contribution >= 0.6 is 0 Å². The molecule has 0 spiro atoms. The lowest BCUT2D eigenvalue weighted by Crippen LogP contribution is -2.11. The van der Waals surface area contributed by atoms with Crippen molar-refractivity contribution in [2.75, 3.05) is 5.32 Å². The highest BCUT2D eigenvalue weighted by Crippen LogP contribution is 2.35. The zero-order valence-corrected chi connectivity index (χ0v) is 8.20. The summed E-state index contributed by atoms with van der Waals surface area (Å²) in [5, 5.41) is 5.64. The molecule has 1 aliphatic rings. The fourth-order valence-corrected chi connectivity index (χ4v) is 1.91. The monoisotopic (exact) mass is 194 g/mol. The molecule has 15 heavy (non-hydrogen) atoms. The van der Waals surface area contributed by atoms with Crippen LogP contribution in [0.15, 0.2) is 54.0 Å². The van der Waals surface area contributed by atoms with E-state index in [0.717, 1.165) is 17.2 Å². The van der Waals surface area contributed by atoms with Gasteiger partial charge < -0.3 is 5.32 Å². The van der Waals surface area contributed by atoms with Crippen molar-refractivity contribution < 1.29 is 0 Å². The zero-order valence-electron chi connectivity index (χ0n) is 8.20. The van der Waals surface area contributed by atoms with Crippen molar-refractivity contribution in [2.45, 2.75) is 0 Å². The Morgan fingerprint density at radius 2 is 1.93 bits per heavy atom. The second-order valence-electron chi connectivity index (χ2n) is 3.51. The molecule has 1 aliphatic heterocycles. The summed E-state index contributed by atoms with van der Waals surface area (Å²) in [5.41, 5.74) is 2.12. The molecule has 2 nitrogen and oxygen atoms in total. The molecule has 0 unspecified atom stereocenters. The highest BCUT2D eigenvalue weighted by Gasteiger charge is 2.11. The Kier molecular flexibility index (Phi) is 1.62. The fraction of sp³-hybridized carbons (Fsp3) is 0. The first kappa shape index (κ1) is 8.24. The molecule has 0 fully saturated rings. The molecule has 2 aromatic carbocycles. The molecule has 0 aromatic heterocycles. The number of anilines is 1. The summed E-state index contributed by atoms with van der Waals surface area (Å²) in [5.74, 6) is 0.807. The SMILES string of the molecule is C=CC1=Nc2cccc3cccc(c23)N1. The van der Waals surface area contributed by atoms with Crippen molar-refractivity contribution in [1.82, 2.24) is 0 Å². The van der Waals surface area contributed by atoms with Crippen LogP contribution in [0.4, 0.5) is 11.4 Å². The van der Waals surface area contributed by atoms with Gasteiger partial charge in [-0.05, 0) is 23.6 Å². The fourth-order valence-electron chi connectivity index (χ4n) is 1.91. The molecule has 72 valence electrons. The Morgan fingerprint density at radius 3 is 2.73 bits per heavy atom. The molecule has 2 heteroatoms. The lowest BCUT2D eigenvalue weighted by Gasteiger charge is -2.16.